The number of aryl methyl sites for hydroxylation is 2. The van der Waals surface area contributed by atoms with Gasteiger partial charge in [0.15, 0.2) is 0 Å². The maximum absolute atomic E-state index is 11.1. The van der Waals surface area contributed by atoms with E-state index >= 15 is 0 Å². The number of thioether (sulfide) groups is 1. The largest absolute Gasteiger partial charge is 0.465 e. The molecule has 84 valence electrons. The molecule has 1 aromatic heterocycles. The molecular weight excluding hydrogens is 214 g/mol. The van der Waals surface area contributed by atoms with Crippen molar-refractivity contribution in [1.29, 1.82) is 0 Å². The number of aromatic nitrogens is 2. The van der Waals surface area contributed by atoms with Gasteiger partial charge in [0.2, 0.25) is 0 Å². The third kappa shape index (κ3) is 2.89. The van der Waals surface area contributed by atoms with Crippen LogP contribution in [-0.4, -0.2) is 28.1 Å². The molecule has 0 saturated carbocycles. The molecule has 1 aromatic rings. The summed E-state index contributed by atoms with van der Waals surface area (Å²) in [5.74, 6) is 0.0255. The van der Waals surface area contributed by atoms with E-state index in [-0.39, 0.29) is 11.7 Å². The Balaban J connectivity index is 2.61. The first kappa shape index (κ1) is 11.9. The molecule has 0 atom stereocenters. The van der Waals surface area contributed by atoms with E-state index in [0.29, 0.717) is 12.3 Å². The third-order valence-corrected chi connectivity index (χ3v) is 2.98. The number of nitrogens with zero attached hydrogens (tertiary/aromatic N) is 2. The highest BCUT2D eigenvalue weighted by molar-refractivity contribution is 8.00. The van der Waals surface area contributed by atoms with Gasteiger partial charge in [0.1, 0.15) is 5.03 Å². The van der Waals surface area contributed by atoms with Crippen LogP contribution in [0, 0.1) is 6.92 Å². The summed E-state index contributed by atoms with van der Waals surface area (Å²) in [6.07, 6.45) is 0. The van der Waals surface area contributed by atoms with E-state index in [0.717, 1.165) is 10.7 Å². The monoisotopic (exact) mass is 229 g/mol. The molecule has 0 radical (unpaired) electrons. The predicted molar refractivity (Wildman–Crippen MR) is 59.7 cm³/mol. The molecule has 0 bridgehead atoms. The molecule has 2 N–H and O–H groups in total. The molecule has 0 aliphatic carbocycles. The van der Waals surface area contributed by atoms with Crippen LogP contribution in [0.4, 0.5) is 5.69 Å². The smallest absolute Gasteiger partial charge is 0.316 e. The zero-order valence-corrected chi connectivity index (χ0v) is 9.93. The molecule has 5 nitrogen and oxygen atoms in total. The molecule has 1 rings (SSSR count). The maximum atomic E-state index is 11.1. The number of nitrogen functional groups attached to an aromatic ring is 1. The van der Waals surface area contributed by atoms with Crippen molar-refractivity contribution >= 4 is 23.4 Å². The van der Waals surface area contributed by atoms with Crippen LogP contribution < -0.4 is 5.73 Å². The zero-order valence-electron chi connectivity index (χ0n) is 9.11. The quantitative estimate of drug-likeness (QED) is 0.615. The summed E-state index contributed by atoms with van der Waals surface area (Å²) in [6.45, 7) is 4.02. The Bertz CT molecular complexity index is 362. The lowest BCUT2D eigenvalue weighted by atomic mass is 10.4. The van der Waals surface area contributed by atoms with Crippen LogP contribution in [0.2, 0.25) is 0 Å². The van der Waals surface area contributed by atoms with Crippen LogP contribution in [-0.2, 0) is 16.6 Å². The van der Waals surface area contributed by atoms with Crippen LogP contribution in [0.15, 0.2) is 5.03 Å². The molecule has 15 heavy (non-hydrogen) atoms. The number of carbonyl (C=O) groups excluding carboxylic acids is 1. The fourth-order valence-electron chi connectivity index (χ4n) is 1.15. The standard InChI is InChI=1S/C9H15N3O2S/c1-4-14-7(13)5-15-9-8(10)6(2)11-12(9)3/h4-5,10H2,1-3H3. The topological polar surface area (TPSA) is 70.1 Å². The summed E-state index contributed by atoms with van der Waals surface area (Å²) < 4.78 is 6.50. The van der Waals surface area contributed by atoms with Gasteiger partial charge in [-0.3, -0.25) is 9.48 Å². The van der Waals surface area contributed by atoms with Gasteiger partial charge in [-0.05, 0) is 13.8 Å². The summed E-state index contributed by atoms with van der Waals surface area (Å²) in [5, 5.41) is 4.96. The van der Waals surface area contributed by atoms with E-state index in [4.69, 9.17) is 10.5 Å². The normalized spacial score (nSPS) is 10.3. The Morgan fingerprint density at radius 2 is 2.33 bits per heavy atom. The second kappa shape index (κ2) is 5.06. The van der Waals surface area contributed by atoms with E-state index in [1.807, 2.05) is 6.92 Å². The first-order valence-electron chi connectivity index (χ1n) is 4.63. The lowest BCUT2D eigenvalue weighted by Crippen LogP contribution is -2.07. The molecule has 6 heteroatoms. The van der Waals surface area contributed by atoms with E-state index in [2.05, 4.69) is 5.10 Å². The summed E-state index contributed by atoms with van der Waals surface area (Å²) in [6, 6.07) is 0. The fourth-order valence-corrected chi connectivity index (χ4v) is 2.02. The van der Waals surface area contributed by atoms with Crippen LogP contribution in [0.3, 0.4) is 0 Å². The number of nitrogens with two attached hydrogens (primary N) is 1. The average Bonchev–Trinajstić information content (AvgIpc) is 2.40. The van der Waals surface area contributed by atoms with Crippen LogP contribution in [0.25, 0.3) is 0 Å². The number of esters is 1. The Kier molecular flexibility index (Phi) is 4.02. The van der Waals surface area contributed by atoms with Gasteiger partial charge in [-0.15, -0.1) is 0 Å². The number of anilines is 1. The molecule has 0 aliphatic heterocycles. The summed E-state index contributed by atoms with van der Waals surface area (Å²) in [4.78, 5) is 11.1. The second-order valence-electron chi connectivity index (χ2n) is 3.02. The van der Waals surface area contributed by atoms with E-state index < -0.39 is 0 Å². The Hall–Kier alpha value is -1.17. The number of rotatable bonds is 4. The van der Waals surface area contributed by atoms with Crippen molar-refractivity contribution in [1.82, 2.24) is 9.78 Å². The van der Waals surface area contributed by atoms with Gasteiger partial charge in [-0.2, -0.15) is 5.10 Å². The van der Waals surface area contributed by atoms with Crippen molar-refractivity contribution in [3.63, 3.8) is 0 Å². The molecular formula is C9H15N3O2S. The SMILES string of the molecule is CCOC(=O)CSc1c(N)c(C)nn1C. The number of hydrogen-bond donors (Lipinski definition) is 1. The Morgan fingerprint density at radius 3 is 2.80 bits per heavy atom. The van der Waals surface area contributed by atoms with Crippen molar-refractivity contribution < 1.29 is 9.53 Å². The fraction of sp³-hybridized carbons (Fsp3) is 0.556. The van der Waals surface area contributed by atoms with Crippen molar-refractivity contribution in [3.05, 3.63) is 5.69 Å². The lowest BCUT2D eigenvalue weighted by molar-refractivity contribution is -0.139. The maximum Gasteiger partial charge on any atom is 0.316 e. The number of hydrogen-bond acceptors (Lipinski definition) is 5. The van der Waals surface area contributed by atoms with Gasteiger partial charge in [0.05, 0.1) is 23.7 Å². The molecule has 0 spiro atoms. The van der Waals surface area contributed by atoms with Gasteiger partial charge in [0.25, 0.3) is 0 Å². The average molecular weight is 229 g/mol. The lowest BCUT2D eigenvalue weighted by Gasteiger charge is -2.03. The second-order valence-corrected chi connectivity index (χ2v) is 3.99. The van der Waals surface area contributed by atoms with Gasteiger partial charge < -0.3 is 10.5 Å². The summed E-state index contributed by atoms with van der Waals surface area (Å²) >= 11 is 1.34. The number of carbonyl (C=O) groups is 1. The van der Waals surface area contributed by atoms with Crippen molar-refractivity contribution in [2.45, 2.75) is 18.9 Å². The highest BCUT2D eigenvalue weighted by Crippen LogP contribution is 2.26. The van der Waals surface area contributed by atoms with Crippen LogP contribution in [0.5, 0.6) is 0 Å². The minimum absolute atomic E-state index is 0.235. The van der Waals surface area contributed by atoms with Crippen molar-refractivity contribution in [3.8, 4) is 0 Å². The summed E-state index contributed by atoms with van der Waals surface area (Å²) in [7, 11) is 1.80. The highest BCUT2D eigenvalue weighted by atomic mass is 32.2. The molecule has 0 unspecified atom stereocenters. The molecule has 1 heterocycles. The molecule has 0 amide bonds. The summed E-state index contributed by atoms with van der Waals surface area (Å²) in [5.41, 5.74) is 7.22. The van der Waals surface area contributed by atoms with Gasteiger partial charge >= 0.3 is 5.97 Å². The minimum Gasteiger partial charge on any atom is -0.465 e. The highest BCUT2D eigenvalue weighted by Gasteiger charge is 2.12. The van der Waals surface area contributed by atoms with Crippen molar-refractivity contribution in [2.24, 2.45) is 7.05 Å². The number of ether oxygens (including phenoxy) is 1. The zero-order chi connectivity index (χ0) is 11.4. The molecule has 0 saturated heterocycles. The van der Waals surface area contributed by atoms with Crippen molar-refractivity contribution in [2.75, 3.05) is 18.1 Å². The third-order valence-electron chi connectivity index (χ3n) is 1.85. The molecule has 0 aliphatic rings. The first-order chi connectivity index (χ1) is 7.06. The Morgan fingerprint density at radius 1 is 1.67 bits per heavy atom. The van der Waals surface area contributed by atoms with E-state index in [1.165, 1.54) is 11.8 Å². The van der Waals surface area contributed by atoms with Crippen LogP contribution >= 0.6 is 11.8 Å². The molecule has 0 fully saturated rings. The van der Waals surface area contributed by atoms with Crippen LogP contribution in [0.1, 0.15) is 12.6 Å². The van der Waals surface area contributed by atoms with E-state index in [9.17, 15) is 4.79 Å². The van der Waals surface area contributed by atoms with Gasteiger partial charge in [0, 0.05) is 7.05 Å². The molecule has 0 aromatic carbocycles. The predicted octanol–water partition coefficient (Wildman–Crippen LogP) is 0.966. The first-order valence-corrected chi connectivity index (χ1v) is 5.62. The van der Waals surface area contributed by atoms with Gasteiger partial charge in [-0.1, -0.05) is 11.8 Å². The van der Waals surface area contributed by atoms with E-state index in [1.54, 1.807) is 18.7 Å². The van der Waals surface area contributed by atoms with Gasteiger partial charge in [-0.25, -0.2) is 0 Å². The Labute approximate surface area is 93.0 Å². The minimum atomic E-state index is -0.235.